The average molecular weight is 377 g/mol. The largest absolute Gasteiger partial charge is 0.455 e. The highest BCUT2D eigenvalue weighted by molar-refractivity contribution is 9.10. The van der Waals surface area contributed by atoms with Crippen LogP contribution in [0.5, 0.6) is 11.5 Å². The molecule has 0 unspecified atom stereocenters. The van der Waals surface area contributed by atoms with Crippen LogP contribution in [0.3, 0.4) is 0 Å². The molecule has 0 radical (unpaired) electrons. The molecular weight excluding hydrogens is 369 g/mol. The van der Waals surface area contributed by atoms with Crippen molar-refractivity contribution in [1.29, 1.82) is 0 Å². The van der Waals surface area contributed by atoms with Gasteiger partial charge in [-0.25, -0.2) is 0 Å². The fraction of sp³-hybridized carbons (Fsp3) is 0.0769. The van der Waals surface area contributed by atoms with Crippen molar-refractivity contribution in [1.82, 2.24) is 0 Å². The van der Waals surface area contributed by atoms with E-state index in [2.05, 4.69) is 15.9 Å². The minimum absolute atomic E-state index is 0.0889. The van der Waals surface area contributed by atoms with E-state index in [4.69, 9.17) is 27.9 Å². The predicted molar refractivity (Wildman–Crippen MR) is 81.9 cm³/mol. The topological polar surface area (TPSA) is 52.4 Å². The number of rotatable bonds is 4. The second kappa shape index (κ2) is 6.43. The van der Waals surface area contributed by atoms with Crippen LogP contribution in [0.25, 0.3) is 0 Å². The Balaban J connectivity index is 2.39. The number of benzene rings is 2. The molecular formula is C13H8BrCl2NO3. The smallest absolute Gasteiger partial charge is 0.273 e. The molecule has 0 spiro atoms. The Morgan fingerprint density at radius 2 is 1.95 bits per heavy atom. The van der Waals surface area contributed by atoms with Crippen molar-refractivity contribution in [2.75, 3.05) is 0 Å². The molecule has 0 heterocycles. The number of non-ortho nitro benzene ring substituents is 1. The van der Waals surface area contributed by atoms with Crippen LogP contribution in [0.4, 0.5) is 5.69 Å². The maximum atomic E-state index is 10.8. The van der Waals surface area contributed by atoms with Crippen molar-refractivity contribution in [3.63, 3.8) is 0 Å². The summed E-state index contributed by atoms with van der Waals surface area (Å²) in [6.07, 6.45) is 0. The Hall–Kier alpha value is -1.30. The van der Waals surface area contributed by atoms with Gasteiger partial charge >= 0.3 is 0 Å². The summed E-state index contributed by atoms with van der Waals surface area (Å²) >= 11 is 15.2. The van der Waals surface area contributed by atoms with E-state index in [1.807, 2.05) is 6.07 Å². The first kappa shape index (κ1) is 15.1. The standard InChI is InChI=1S/C13H8BrCl2NO3/c14-9-1-4-12(8(5-9)7-15)20-13-6-10(17(18)19)2-3-11(13)16/h1-6H,7H2. The van der Waals surface area contributed by atoms with E-state index in [0.29, 0.717) is 10.8 Å². The van der Waals surface area contributed by atoms with Crippen molar-refractivity contribution in [3.05, 3.63) is 61.6 Å². The van der Waals surface area contributed by atoms with Crippen LogP contribution in [-0.4, -0.2) is 4.92 Å². The Kier molecular flexibility index (Phi) is 4.86. The molecule has 0 aliphatic heterocycles. The fourth-order valence-corrected chi connectivity index (χ4v) is 2.33. The third kappa shape index (κ3) is 3.42. The third-order valence-corrected chi connectivity index (χ3v) is 3.61. The number of nitro groups is 1. The second-order valence-corrected chi connectivity index (χ2v) is 5.45. The van der Waals surface area contributed by atoms with E-state index >= 15 is 0 Å². The number of halogens is 3. The van der Waals surface area contributed by atoms with Gasteiger partial charge in [-0.05, 0) is 24.3 Å². The molecule has 104 valence electrons. The lowest BCUT2D eigenvalue weighted by molar-refractivity contribution is -0.384. The normalized spacial score (nSPS) is 10.3. The number of alkyl halides is 1. The van der Waals surface area contributed by atoms with E-state index in [1.54, 1.807) is 12.1 Å². The number of ether oxygens (including phenoxy) is 1. The summed E-state index contributed by atoms with van der Waals surface area (Å²) in [6, 6.07) is 9.34. The fourth-order valence-electron chi connectivity index (χ4n) is 1.55. The van der Waals surface area contributed by atoms with Crippen LogP contribution < -0.4 is 4.74 Å². The van der Waals surface area contributed by atoms with Gasteiger partial charge in [0.25, 0.3) is 5.69 Å². The molecule has 0 atom stereocenters. The van der Waals surface area contributed by atoms with Crippen molar-refractivity contribution in [2.45, 2.75) is 5.88 Å². The summed E-state index contributed by atoms with van der Waals surface area (Å²) in [4.78, 5) is 10.3. The molecule has 0 amide bonds. The molecule has 0 saturated carbocycles. The van der Waals surface area contributed by atoms with Crippen molar-refractivity contribution >= 4 is 44.8 Å². The van der Waals surface area contributed by atoms with Crippen LogP contribution >= 0.6 is 39.1 Å². The Bertz CT molecular complexity index is 664. The van der Waals surface area contributed by atoms with Gasteiger partial charge in [0.2, 0.25) is 0 Å². The van der Waals surface area contributed by atoms with E-state index in [0.717, 1.165) is 10.0 Å². The average Bonchev–Trinajstić information content (AvgIpc) is 2.42. The molecule has 2 aromatic carbocycles. The summed E-state index contributed by atoms with van der Waals surface area (Å²) in [5, 5.41) is 11.1. The monoisotopic (exact) mass is 375 g/mol. The first-order chi connectivity index (χ1) is 9.51. The Morgan fingerprint density at radius 1 is 1.20 bits per heavy atom. The van der Waals surface area contributed by atoms with Crippen LogP contribution in [0, 0.1) is 10.1 Å². The zero-order valence-electron chi connectivity index (χ0n) is 9.98. The molecule has 0 bridgehead atoms. The minimum atomic E-state index is -0.507. The van der Waals surface area contributed by atoms with Gasteiger partial charge in [0.1, 0.15) is 5.75 Å². The SMILES string of the molecule is O=[N+]([O-])c1ccc(Cl)c(Oc2ccc(Br)cc2CCl)c1. The Labute approximate surface area is 133 Å². The quantitative estimate of drug-likeness (QED) is 0.399. The van der Waals surface area contributed by atoms with E-state index in [-0.39, 0.29) is 17.3 Å². The molecule has 2 aromatic rings. The third-order valence-electron chi connectivity index (χ3n) is 2.51. The minimum Gasteiger partial charge on any atom is -0.455 e. The van der Waals surface area contributed by atoms with Crippen molar-refractivity contribution in [3.8, 4) is 11.5 Å². The van der Waals surface area contributed by atoms with Crippen LogP contribution in [0.2, 0.25) is 5.02 Å². The second-order valence-electron chi connectivity index (χ2n) is 3.86. The number of hydrogen-bond acceptors (Lipinski definition) is 3. The first-order valence-electron chi connectivity index (χ1n) is 5.47. The van der Waals surface area contributed by atoms with Gasteiger partial charge in [0, 0.05) is 16.1 Å². The maximum absolute atomic E-state index is 10.8. The highest BCUT2D eigenvalue weighted by Crippen LogP contribution is 2.35. The van der Waals surface area contributed by atoms with Crippen molar-refractivity contribution in [2.24, 2.45) is 0 Å². The van der Waals surface area contributed by atoms with Crippen LogP contribution in [0.15, 0.2) is 40.9 Å². The van der Waals surface area contributed by atoms with E-state index in [9.17, 15) is 10.1 Å². The molecule has 2 rings (SSSR count). The zero-order valence-corrected chi connectivity index (χ0v) is 13.1. The molecule has 7 heteroatoms. The van der Waals surface area contributed by atoms with E-state index in [1.165, 1.54) is 18.2 Å². The molecule has 4 nitrogen and oxygen atoms in total. The number of nitrogens with zero attached hydrogens (tertiary/aromatic N) is 1. The lowest BCUT2D eigenvalue weighted by atomic mass is 10.2. The molecule has 0 aliphatic carbocycles. The van der Waals surface area contributed by atoms with Gasteiger partial charge < -0.3 is 4.74 Å². The molecule has 0 saturated heterocycles. The Morgan fingerprint density at radius 3 is 2.60 bits per heavy atom. The highest BCUT2D eigenvalue weighted by Gasteiger charge is 2.13. The van der Waals surface area contributed by atoms with Gasteiger partial charge in [-0.2, -0.15) is 0 Å². The van der Waals surface area contributed by atoms with Gasteiger partial charge in [-0.1, -0.05) is 27.5 Å². The summed E-state index contributed by atoms with van der Waals surface area (Å²) in [5.74, 6) is 0.974. The molecule has 0 N–H and O–H groups in total. The molecule has 0 fully saturated rings. The summed E-state index contributed by atoms with van der Waals surface area (Å²) < 4.78 is 6.50. The number of nitro benzene ring substituents is 1. The summed E-state index contributed by atoms with van der Waals surface area (Å²) in [7, 11) is 0. The molecule has 0 aliphatic rings. The van der Waals surface area contributed by atoms with Gasteiger partial charge in [-0.15, -0.1) is 11.6 Å². The highest BCUT2D eigenvalue weighted by atomic mass is 79.9. The van der Waals surface area contributed by atoms with E-state index < -0.39 is 4.92 Å². The van der Waals surface area contributed by atoms with Gasteiger partial charge in [-0.3, -0.25) is 10.1 Å². The molecule has 0 aromatic heterocycles. The van der Waals surface area contributed by atoms with Crippen LogP contribution in [-0.2, 0) is 5.88 Å². The summed E-state index contributed by atoms with van der Waals surface area (Å²) in [6.45, 7) is 0. The van der Waals surface area contributed by atoms with Crippen molar-refractivity contribution < 1.29 is 9.66 Å². The lowest BCUT2D eigenvalue weighted by Crippen LogP contribution is -1.93. The van der Waals surface area contributed by atoms with Crippen LogP contribution in [0.1, 0.15) is 5.56 Å². The summed E-state index contributed by atoms with van der Waals surface area (Å²) in [5.41, 5.74) is 0.664. The maximum Gasteiger partial charge on any atom is 0.273 e. The predicted octanol–water partition coefficient (Wildman–Crippen LogP) is 5.54. The lowest BCUT2D eigenvalue weighted by Gasteiger charge is -2.11. The van der Waals surface area contributed by atoms with Gasteiger partial charge in [0.15, 0.2) is 5.75 Å². The zero-order chi connectivity index (χ0) is 14.7. The van der Waals surface area contributed by atoms with Gasteiger partial charge in [0.05, 0.1) is 21.9 Å². The number of hydrogen-bond donors (Lipinski definition) is 0. The first-order valence-corrected chi connectivity index (χ1v) is 7.18. The molecule has 20 heavy (non-hydrogen) atoms.